The van der Waals surface area contributed by atoms with Gasteiger partial charge >= 0.3 is 0 Å². The Morgan fingerprint density at radius 1 is 1.26 bits per heavy atom. The Labute approximate surface area is 159 Å². The molecule has 2 fully saturated rings. The molecular formula is C21H27FN4O. The lowest BCUT2D eigenvalue weighted by Crippen LogP contribution is -2.48. The highest BCUT2D eigenvalue weighted by molar-refractivity contribution is 5.82. The number of hydrogen-bond acceptors (Lipinski definition) is 3. The minimum Gasteiger partial charge on any atom is -0.341 e. The Morgan fingerprint density at radius 2 is 2.07 bits per heavy atom. The molecule has 4 rings (SSSR count). The molecule has 1 N–H and O–H groups in total. The summed E-state index contributed by atoms with van der Waals surface area (Å²) in [4.78, 5) is 17.2. The maximum atomic E-state index is 13.6. The molecule has 2 aliphatic heterocycles. The van der Waals surface area contributed by atoms with Crippen LogP contribution in [0, 0.1) is 5.82 Å². The van der Waals surface area contributed by atoms with Crippen molar-refractivity contribution in [2.45, 2.75) is 44.6 Å². The van der Waals surface area contributed by atoms with E-state index in [2.05, 4.69) is 22.0 Å². The zero-order valence-corrected chi connectivity index (χ0v) is 15.8. The Bertz CT molecular complexity index is 797. The third kappa shape index (κ3) is 3.63. The average Bonchev–Trinajstić information content (AvgIpc) is 3.37. The summed E-state index contributed by atoms with van der Waals surface area (Å²) in [5.41, 5.74) is 2.87. The van der Waals surface area contributed by atoms with Crippen molar-refractivity contribution in [1.82, 2.24) is 20.0 Å². The van der Waals surface area contributed by atoms with Gasteiger partial charge in [0.1, 0.15) is 5.82 Å². The van der Waals surface area contributed by atoms with Crippen molar-refractivity contribution in [3.8, 4) is 11.1 Å². The maximum Gasteiger partial charge on any atom is 0.239 e. The molecule has 5 nitrogen and oxygen atoms in total. The van der Waals surface area contributed by atoms with Crippen molar-refractivity contribution >= 4 is 5.91 Å². The van der Waals surface area contributed by atoms with E-state index in [4.69, 9.17) is 0 Å². The third-order valence-electron chi connectivity index (χ3n) is 6.07. The van der Waals surface area contributed by atoms with Gasteiger partial charge < -0.3 is 4.90 Å². The van der Waals surface area contributed by atoms with Crippen LogP contribution in [0.25, 0.3) is 11.1 Å². The summed E-state index contributed by atoms with van der Waals surface area (Å²) >= 11 is 0. The van der Waals surface area contributed by atoms with Crippen LogP contribution in [0.3, 0.4) is 0 Å². The maximum absolute atomic E-state index is 13.6. The van der Waals surface area contributed by atoms with Gasteiger partial charge in [-0.2, -0.15) is 5.10 Å². The van der Waals surface area contributed by atoms with Gasteiger partial charge in [0.15, 0.2) is 0 Å². The largest absolute Gasteiger partial charge is 0.341 e. The molecule has 0 saturated carbocycles. The molecule has 2 aliphatic rings. The molecule has 0 aliphatic carbocycles. The summed E-state index contributed by atoms with van der Waals surface area (Å²) in [7, 11) is 0. The Balaban J connectivity index is 1.43. The SMILES string of the molecule is CCN1CCC[C@@H]1C(=O)N1CCC(c2[nH]ncc2-c2cccc(F)c2)CC1. The lowest BCUT2D eigenvalue weighted by molar-refractivity contribution is -0.137. The number of amides is 1. The van der Waals surface area contributed by atoms with Crippen molar-refractivity contribution in [2.75, 3.05) is 26.2 Å². The highest BCUT2D eigenvalue weighted by Gasteiger charge is 2.35. The highest BCUT2D eigenvalue weighted by atomic mass is 19.1. The van der Waals surface area contributed by atoms with Gasteiger partial charge in [0.2, 0.25) is 5.91 Å². The number of nitrogens with one attached hydrogen (secondary N) is 1. The van der Waals surface area contributed by atoms with Crippen LogP contribution in [0.5, 0.6) is 0 Å². The molecule has 3 heterocycles. The number of likely N-dealkylation sites (tertiary alicyclic amines) is 2. The van der Waals surface area contributed by atoms with Gasteiger partial charge in [-0.05, 0) is 56.5 Å². The first-order valence-corrected chi connectivity index (χ1v) is 9.99. The quantitative estimate of drug-likeness (QED) is 0.897. The van der Waals surface area contributed by atoms with Crippen LogP contribution in [0.15, 0.2) is 30.5 Å². The summed E-state index contributed by atoms with van der Waals surface area (Å²) in [6.45, 7) is 5.66. The highest BCUT2D eigenvalue weighted by Crippen LogP contribution is 2.34. The second-order valence-corrected chi connectivity index (χ2v) is 7.59. The molecule has 1 atom stereocenters. The Morgan fingerprint density at radius 3 is 2.81 bits per heavy atom. The van der Waals surface area contributed by atoms with E-state index in [9.17, 15) is 9.18 Å². The molecule has 0 bridgehead atoms. The van der Waals surface area contributed by atoms with Gasteiger partial charge in [-0.1, -0.05) is 19.1 Å². The number of piperidine rings is 1. The van der Waals surface area contributed by atoms with Crippen LogP contribution in [-0.2, 0) is 4.79 Å². The van der Waals surface area contributed by atoms with Crippen LogP contribution in [-0.4, -0.2) is 58.1 Å². The van der Waals surface area contributed by atoms with Crippen molar-refractivity contribution in [3.63, 3.8) is 0 Å². The predicted molar refractivity (Wildman–Crippen MR) is 103 cm³/mol. The van der Waals surface area contributed by atoms with E-state index in [0.717, 1.165) is 68.7 Å². The zero-order valence-electron chi connectivity index (χ0n) is 15.8. The van der Waals surface area contributed by atoms with E-state index in [0.29, 0.717) is 11.8 Å². The normalized spacial score (nSPS) is 21.7. The van der Waals surface area contributed by atoms with Crippen LogP contribution in [0.4, 0.5) is 4.39 Å². The average molecular weight is 370 g/mol. The molecule has 144 valence electrons. The Hall–Kier alpha value is -2.21. The van der Waals surface area contributed by atoms with Crippen LogP contribution in [0.2, 0.25) is 0 Å². The molecule has 6 heteroatoms. The van der Waals surface area contributed by atoms with Crippen molar-refractivity contribution in [3.05, 3.63) is 42.0 Å². The molecule has 1 amide bonds. The second kappa shape index (κ2) is 7.80. The van der Waals surface area contributed by atoms with Crippen molar-refractivity contribution in [2.24, 2.45) is 0 Å². The molecule has 0 unspecified atom stereocenters. The number of benzene rings is 1. The van der Waals surface area contributed by atoms with E-state index in [1.54, 1.807) is 18.3 Å². The molecule has 1 aromatic carbocycles. The Kier molecular flexibility index (Phi) is 5.25. The van der Waals surface area contributed by atoms with E-state index >= 15 is 0 Å². The summed E-state index contributed by atoms with van der Waals surface area (Å²) in [6.07, 6.45) is 5.70. The number of H-pyrrole nitrogens is 1. The van der Waals surface area contributed by atoms with E-state index in [1.165, 1.54) is 6.07 Å². The molecule has 1 aromatic heterocycles. The molecule has 27 heavy (non-hydrogen) atoms. The molecular weight excluding hydrogens is 343 g/mol. The number of nitrogens with zero attached hydrogens (tertiary/aromatic N) is 3. The van der Waals surface area contributed by atoms with Crippen molar-refractivity contribution < 1.29 is 9.18 Å². The second-order valence-electron chi connectivity index (χ2n) is 7.59. The monoisotopic (exact) mass is 370 g/mol. The summed E-state index contributed by atoms with van der Waals surface area (Å²) in [6, 6.07) is 6.71. The summed E-state index contributed by atoms with van der Waals surface area (Å²) in [5.74, 6) is 0.376. The number of carbonyl (C=O) groups excluding carboxylic acids is 1. The number of hydrogen-bond donors (Lipinski definition) is 1. The molecule has 0 spiro atoms. The van der Waals surface area contributed by atoms with Gasteiger partial charge in [-0.15, -0.1) is 0 Å². The number of halogens is 1. The van der Waals surface area contributed by atoms with E-state index < -0.39 is 0 Å². The minimum absolute atomic E-state index is 0.0709. The fraction of sp³-hybridized carbons (Fsp3) is 0.524. The molecule has 0 radical (unpaired) electrons. The van der Waals surface area contributed by atoms with Gasteiger partial charge in [-0.3, -0.25) is 14.8 Å². The van der Waals surface area contributed by atoms with Crippen LogP contribution < -0.4 is 0 Å². The molecule has 2 aromatic rings. The number of aromatic nitrogens is 2. The van der Waals surface area contributed by atoms with Gasteiger partial charge in [0.25, 0.3) is 0 Å². The lowest BCUT2D eigenvalue weighted by Gasteiger charge is -2.35. The number of rotatable bonds is 4. The van der Waals surface area contributed by atoms with Gasteiger partial charge in [0, 0.05) is 30.3 Å². The topological polar surface area (TPSA) is 52.2 Å². The lowest BCUT2D eigenvalue weighted by atomic mass is 9.89. The van der Waals surface area contributed by atoms with Gasteiger partial charge in [-0.25, -0.2) is 4.39 Å². The standard InChI is InChI=1S/C21H27FN4O/c1-2-25-10-4-7-19(25)21(27)26-11-8-15(9-12-26)20-18(14-23-24-20)16-5-3-6-17(22)13-16/h3,5-6,13-15,19H,2,4,7-12H2,1H3,(H,23,24)/t19-/m1/s1. The number of likely N-dealkylation sites (N-methyl/N-ethyl adjacent to an activating group) is 1. The smallest absolute Gasteiger partial charge is 0.239 e. The fourth-order valence-corrected chi connectivity index (χ4v) is 4.58. The summed E-state index contributed by atoms with van der Waals surface area (Å²) in [5, 5.41) is 7.33. The van der Waals surface area contributed by atoms with E-state index in [1.807, 2.05) is 11.0 Å². The zero-order chi connectivity index (χ0) is 18.8. The van der Waals surface area contributed by atoms with Crippen LogP contribution in [0.1, 0.15) is 44.2 Å². The van der Waals surface area contributed by atoms with E-state index in [-0.39, 0.29) is 11.9 Å². The van der Waals surface area contributed by atoms with Crippen LogP contribution >= 0.6 is 0 Å². The number of aromatic amines is 1. The van der Waals surface area contributed by atoms with Crippen molar-refractivity contribution in [1.29, 1.82) is 0 Å². The first-order chi connectivity index (χ1) is 13.2. The first kappa shape index (κ1) is 18.2. The minimum atomic E-state index is -0.239. The predicted octanol–water partition coefficient (Wildman–Crippen LogP) is 3.41. The first-order valence-electron chi connectivity index (χ1n) is 9.99. The van der Waals surface area contributed by atoms with Gasteiger partial charge in [0.05, 0.1) is 12.2 Å². The molecule has 2 saturated heterocycles. The third-order valence-corrected chi connectivity index (χ3v) is 6.07. The summed E-state index contributed by atoms with van der Waals surface area (Å²) < 4.78 is 13.6. The fourth-order valence-electron chi connectivity index (χ4n) is 4.58. The number of carbonyl (C=O) groups is 1.